The number of nitrogens with zero attached hydrogens (tertiary/aromatic N) is 4. The van der Waals surface area contributed by atoms with Crippen LogP contribution in [0.4, 0.5) is 13.2 Å². The van der Waals surface area contributed by atoms with Gasteiger partial charge < -0.3 is 10.2 Å². The van der Waals surface area contributed by atoms with E-state index >= 15 is 0 Å². The lowest BCUT2D eigenvalue weighted by molar-refractivity contribution is 0.0668. The van der Waals surface area contributed by atoms with E-state index < -0.39 is 12.4 Å². The predicted octanol–water partition coefficient (Wildman–Crippen LogP) is 3.90. The number of hydrogen-bond donors (Lipinski definition) is 1. The zero-order valence-electron chi connectivity index (χ0n) is 13.6. The van der Waals surface area contributed by atoms with Crippen molar-refractivity contribution in [3.05, 3.63) is 52.8 Å². The summed E-state index contributed by atoms with van der Waals surface area (Å²) in [6, 6.07) is 4.45. The van der Waals surface area contributed by atoms with Crippen LogP contribution >= 0.6 is 35.6 Å². The van der Waals surface area contributed by atoms with E-state index in [1.54, 1.807) is 25.1 Å². The monoisotopic (exact) mass is 487 g/mol. The molecule has 0 fully saturated rings. The van der Waals surface area contributed by atoms with Crippen molar-refractivity contribution in [1.29, 1.82) is 0 Å². The standard InChI is InChI=1S/C15H17ClF3N5.HI/c1-20-15(22-8-13-21-6-7-24(13)14(18)19)23(2)9-10-11(16)4-3-5-12(10)17;/h3-7,14H,8-9H2,1-2H3,(H,20,22);1H. The molecule has 0 unspecified atom stereocenters. The molecule has 1 N–H and O–H groups in total. The van der Waals surface area contributed by atoms with E-state index in [1.807, 2.05) is 0 Å². The lowest BCUT2D eigenvalue weighted by atomic mass is 10.2. The van der Waals surface area contributed by atoms with Gasteiger partial charge in [-0.25, -0.2) is 9.37 Å². The van der Waals surface area contributed by atoms with Gasteiger partial charge in [0, 0.05) is 43.6 Å². The Morgan fingerprint density at radius 1 is 1.44 bits per heavy atom. The number of aromatic nitrogens is 2. The van der Waals surface area contributed by atoms with Crippen molar-refractivity contribution >= 4 is 41.5 Å². The van der Waals surface area contributed by atoms with Crippen molar-refractivity contribution < 1.29 is 13.2 Å². The van der Waals surface area contributed by atoms with Crippen molar-refractivity contribution in [3.63, 3.8) is 0 Å². The number of aliphatic imine (C=N–C) groups is 1. The number of nitrogens with one attached hydrogen (secondary N) is 1. The summed E-state index contributed by atoms with van der Waals surface area (Å²) >= 11 is 6.01. The molecule has 0 saturated heterocycles. The molecule has 2 aromatic rings. The van der Waals surface area contributed by atoms with Crippen LogP contribution in [-0.2, 0) is 13.1 Å². The first-order chi connectivity index (χ1) is 11.4. The molecule has 2 rings (SSSR count). The van der Waals surface area contributed by atoms with Gasteiger partial charge in [-0.1, -0.05) is 17.7 Å². The van der Waals surface area contributed by atoms with Crippen LogP contribution in [0.5, 0.6) is 0 Å². The second-order valence-electron chi connectivity index (χ2n) is 4.99. The first-order valence-corrected chi connectivity index (χ1v) is 7.46. The van der Waals surface area contributed by atoms with E-state index in [1.165, 1.54) is 24.5 Å². The number of halogens is 5. The summed E-state index contributed by atoms with van der Waals surface area (Å²) in [5.41, 5.74) is 0.332. The van der Waals surface area contributed by atoms with Crippen LogP contribution in [0.3, 0.4) is 0 Å². The average molecular weight is 488 g/mol. The van der Waals surface area contributed by atoms with Gasteiger partial charge in [0.15, 0.2) is 5.96 Å². The third kappa shape index (κ3) is 5.50. The molecule has 1 aromatic heterocycles. The molecule has 0 atom stereocenters. The minimum atomic E-state index is -2.67. The highest BCUT2D eigenvalue weighted by atomic mass is 127. The molecule has 1 heterocycles. The number of rotatable bonds is 5. The third-order valence-corrected chi connectivity index (χ3v) is 3.75. The van der Waals surface area contributed by atoms with Crippen LogP contribution in [0.2, 0.25) is 5.02 Å². The number of hydrogen-bond acceptors (Lipinski definition) is 2. The van der Waals surface area contributed by atoms with Crippen molar-refractivity contribution in [1.82, 2.24) is 19.8 Å². The zero-order chi connectivity index (χ0) is 17.7. The summed E-state index contributed by atoms with van der Waals surface area (Å²) in [6.45, 7) is -2.44. The minimum Gasteiger partial charge on any atom is -0.349 e. The molecule has 0 aliphatic carbocycles. The van der Waals surface area contributed by atoms with Gasteiger partial charge in [0.25, 0.3) is 0 Å². The van der Waals surface area contributed by atoms with E-state index in [-0.39, 0.29) is 42.9 Å². The fourth-order valence-electron chi connectivity index (χ4n) is 2.20. The fourth-order valence-corrected chi connectivity index (χ4v) is 2.42. The highest BCUT2D eigenvalue weighted by Gasteiger charge is 2.15. The van der Waals surface area contributed by atoms with Gasteiger partial charge in [-0.05, 0) is 12.1 Å². The molecule has 10 heteroatoms. The van der Waals surface area contributed by atoms with Crippen LogP contribution < -0.4 is 5.32 Å². The van der Waals surface area contributed by atoms with Gasteiger partial charge in [0.1, 0.15) is 11.6 Å². The number of alkyl halides is 2. The molecule has 0 saturated carbocycles. The Kier molecular flexibility index (Phi) is 8.50. The SMILES string of the molecule is CN=C(NCc1nccn1C(F)F)N(C)Cc1c(F)cccc1Cl.I. The van der Waals surface area contributed by atoms with E-state index in [0.717, 1.165) is 4.57 Å². The first kappa shape index (κ1) is 21.6. The van der Waals surface area contributed by atoms with E-state index in [4.69, 9.17) is 11.6 Å². The topological polar surface area (TPSA) is 45.5 Å². The van der Waals surface area contributed by atoms with Crippen LogP contribution in [-0.4, -0.2) is 34.5 Å². The molecule has 0 radical (unpaired) electrons. The summed E-state index contributed by atoms with van der Waals surface area (Å²) in [5.74, 6) is 0.152. The highest BCUT2D eigenvalue weighted by molar-refractivity contribution is 14.0. The Balaban J connectivity index is 0.00000312. The predicted molar refractivity (Wildman–Crippen MR) is 102 cm³/mol. The summed E-state index contributed by atoms with van der Waals surface area (Å²) in [6.07, 6.45) is 2.50. The molecule has 1 aromatic carbocycles. The maximum atomic E-state index is 13.9. The van der Waals surface area contributed by atoms with Crippen molar-refractivity contribution in [3.8, 4) is 0 Å². The Labute approximate surface area is 165 Å². The average Bonchev–Trinajstić information content (AvgIpc) is 3.00. The molecule has 0 aliphatic rings. The van der Waals surface area contributed by atoms with Gasteiger partial charge >= 0.3 is 6.55 Å². The molecule has 5 nitrogen and oxygen atoms in total. The Hall–Kier alpha value is -1.49. The largest absolute Gasteiger partial charge is 0.349 e. The van der Waals surface area contributed by atoms with Gasteiger partial charge in [-0.15, -0.1) is 24.0 Å². The van der Waals surface area contributed by atoms with Crippen LogP contribution in [0.1, 0.15) is 17.9 Å². The van der Waals surface area contributed by atoms with E-state index in [0.29, 0.717) is 16.5 Å². The number of benzene rings is 1. The molecule has 0 spiro atoms. The normalized spacial score (nSPS) is 11.4. The second kappa shape index (κ2) is 9.85. The number of imidazole rings is 1. The van der Waals surface area contributed by atoms with E-state index in [9.17, 15) is 13.2 Å². The second-order valence-corrected chi connectivity index (χ2v) is 5.39. The minimum absolute atomic E-state index is 0. The van der Waals surface area contributed by atoms with E-state index in [2.05, 4.69) is 15.3 Å². The summed E-state index contributed by atoms with van der Waals surface area (Å²) in [7, 11) is 3.24. The Morgan fingerprint density at radius 2 is 2.16 bits per heavy atom. The van der Waals surface area contributed by atoms with Crippen LogP contribution in [0.25, 0.3) is 0 Å². The maximum absolute atomic E-state index is 13.9. The van der Waals surface area contributed by atoms with Gasteiger partial charge in [-0.3, -0.25) is 9.56 Å². The number of guanidine groups is 1. The van der Waals surface area contributed by atoms with Crippen molar-refractivity contribution in [2.24, 2.45) is 4.99 Å². The zero-order valence-corrected chi connectivity index (χ0v) is 16.7. The van der Waals surface area contributed by atoms with Crippen molar-refractivity contribution in [2.75, 3.05) is 14.1 Å². The van der Waals surface area contributed by atoms with Gasteiger partial charge in [-0.2, -0.15) is 8.78 Å². The Morgan fingerprint density at radius 3 is 2.76 bits per heavy atom. The third-order valence-electron chi connectivity index (χ3n) is 3.39. The van der Waals surface area contributed by atoms with Crippen LogP contribution in [0, 0.1) is 5.82 Å². The molecule has 25 heavy (non-hydrogen) atoms. The highest BCUT2D eigenvalue weighted by Crippen LogP contribution is 2.20. The summed E-state index contributed by atoms with van der Waals surface area (Å²) < 4.78 is 40.2. The maximum Gasteiger partial charge on any atom is 0.319 e. The fraction of sp³-hybridized carbons (Fsp3) is 0.333. The summed E-state index contributed by atoms with van der Waals surface area (Å²) in [4.78, 5) is 9.58. The van der Waals surface area contributed by atoms with Gasteiger partial charge in [0.2, 0.25) is 0 Å². The summed E-state index contributed by atoms with van der Waals surface area (Å²) in [5, 5.41) is 3.23. The molecule has 0 aliphatic heterocycles. The lowest BCUT2D eigenvalue weighted by Gasteiger charge is -2.23. The Bertz CT molecular complexity index is 703. The molecule has 138 valence electrons. The molecule has 0 bridgehead atoms. The molecular weight excluding hydrogens is 470 g/mol. The van der Waals surface area contributed by atoms with Gasteiger partial charge in [0.05, 0.1) is 6.54 Å². The van der Waals surface area contributed by atoms with Crippen molar-refractivity contribution in [2.45, 2.75) is 19.6 Å². The molecule has 0 amide bonds. The first-order valence-electron chi connectivity index (χ1n) is 7.08. The lowest BCUT2D eigenvalue weighted by Crippen LogP contribution is -2.38. The quantitative estimate of drug-likeness (QED) is 0.395. The molecular formula is C15H18ClF3IN5. The van der Waals surface area contributed by atoms with Crippen LogP contribution in [0.15, 0.2) is 35.6 Å². The smallest absolute Gasteiger partial charge is 0.319 e.